The lowest BCUT2D eigenvalue weighted by molar-refractivity contribution is 0.0556. The number of hydrogen-bond donors (Lipinski definition) is 0. The highest BCUT2D eigenvalue weighted by Gasteiger charge is 2.27. The van der Waals surface area contributed by atoms with E-state index in [4.69, 9.17) is 4.42 Å². The van der Waals surface area contributed by atoms with E-state index in [9.17, 15) is 4.79 Å². The van der Waals surface area contributed by atoms with Crippen LogP contribution in [-0.2, 0) is 10.2 Å². The molecule has 7 nitrogen and oxygen atoms in total. The van der Waals surface area contributed by atoms with Crippen molar-refractivity contribution in [3.05, 3.63) is 11.6 Å². The first-order chi connectivity index (χ1) is 8.43. The Kier molecular flexibility index (Phi) is 3.12. The summed E-state index contributed by atoms with van der Waals surface area (Å²) >= 11 is 1.15. The first kappa shape index (κ1) is 12.6. The van der Waals surface area contributed by atoms with Crippen molar-refractivity contribution < 1.29 is 13.9 Å². The molecule has 0 aromatic carbocycles. The summed E-state index contributed by atoms with van der Waals surface area (Å²) < 4.78 is 13.6. The molecule has 0 N–H and O–H groups in total. The van der Waals surface area contributed by atoms with E-state index in [2.05, 4.69) is 24.5 Å². The van der Waals surface area contributed by atoms with Crippen LogP contribution in [0.5, 0.6) is 0 Å². The van der Waals surface area contributed by atoms with Gasteiger partial charge in [-0.3, -0.25) is 0 Å². The number of carbonyl (C=O) groups excluding carboxylic acids is 1. The molecule has 0 aliphatic heterocycles. The molecule has 0 atom stereocenters. The van der Waals surface area contributed by atoms with E-state index in [0.29, 0.717) is 4.88 Å². The van der Waals surface area contributed by atoms with Gasteiger partial charge in [0.25, 0.3) is 5.89 Å². The van der Waals surface area contributed by atoms with Gasteiger partial charge in [0, 0.05) is 5.41 Å². The van der Waals surface area contributed by atoms with Crippen LogP contribution in [0.15, 0.2) is 4.42 Å². The minimum absolute atomic E-state index is 0.180. The van der Waals surface area contributed by atoms with Gasteiger partial charge in [-0.25, -0.2) is 4.79 Å². The number of hydrogen-bond acceptors (Lipinski definition) is 8. The lowest BCUT2D eigenvalue weighted by Gasteiger charge is -2.14. The van der Waals surface area contributed by atoms with Gasteiger partial charge in [-0.1, -0.05) is 25.3 Å². The van der Waals surface area contributed by atoms with E-state index in [1.165, 1.54) is 7.11 Å². The second-order valence-electron chi connectivity index (χ2n) is 4.60. The van der Waals surface area contributed by atoms with E-state index < -0.39 is 5.97 Å². The Balaban J connectivity index is 2.41. The average molecular weight is 268 g/mol. The van der Waals surface area contributed by atoms with Gasteiger partial charge in [-0.15, -0.1) is 15.3 Å². The predicted octanol–water partition coefficient (Wildman–Crippen LogP) is 1.67. The summed E-state index contributed by atoms with van der Waals surface area (Å²) in [4.78, 5) is 11.9. The van der Waals surface area contributed by atoms with Crippen LogP contribution >= 0.6 is 11.5 Å². The second-order valence-corrected chi connectivity index (χ2v) is 5.36. The summed E-state index contributed by atoms with van der Waals surface area (Å²) in [5, 5.41) is 11.5. The highest BCUT2D eigenvalue weighted by Crippen LogP contribution is 2.33. The van der Waals surface area contributed by atoms with Crippen LogP contribution in [-0.4, -0.2) is 32.9 Å². The van der Waals surface area contributed by atoms with Crippen molar-refractivity contribution in [2.75, 3.05) is 7.11 Å². The molecule has 0 amide bonds. The number of aromatic nitrogens is 4. The van der Waals surface area contributed by atoms with Crippen LogP contribution in [0, 0.1) is 0 Å². The Hall–Kier alpha value is -1.83. The van der Waals surface area contributed by atoms with Gasteiger partial charge < -0.3 is 9.15 Å². The Morgan fingerprint density at radius 3 is 2.61 bits per heavy atom. The van der Waals surface area contributed by atoms with Crippen LogP contribution in [0.2, 0.25) is 0 Å². The molecule has 2 heterocycles. The van der Waals surface area contributed by atoms with Crippen LogP contribution in [0.1, 0.15) is 37.2 Å². The summed E-state index contributed by atoms with van der Waals surface area (Å²) in [6, 6.07) is 0. The molecule has 2 aromatic heterocycles. The average Bonchev–Trinajstić information content (AvgIpc) is 2.94. The zero-order valence-corrected chi connectivity index (χ0v) is 11.2. The van der Waals surface area contributed by atoms with Gasteiger partial charge in [0.2, 0.25) is 0 Å². The molecule has 18 heavy (non-hydrogen) atoms. The van der Waals surface area contributed by atoms with Gasteiger partial charge >= 0.3 is 11.9 Å². The fourth-order valence-electron chi connectivity index (χ4n) is 1.31. The van der Waals surface area contributed by atoms with E-state index >= 15 is 0 Å². The van der Waals surface area contributed by atoms with Crippen LogP contribution in [0.4, 0.5) is 0 Å². The lowest BCUT2D eigenvalue weighted by Crippen LogP contribution is -2.13. The maximum absolute atomic E-state index is 11.2. The first-order valence-electron chi connectivity index (χ1n) is 5.18. The summed E-state index contributed by atoms with van der Waals surface area (Å²) in [6.07, 6.45) is 0. The Bertz CT molecular complexity index is 570. The first-order valence-corrected chi connectivity index (χ1v) is 5.96. The number of esters is 1. The maximum atomic E-state index is 11.2. The molecule has 0 aliphatic carbocycles. The van der Waals surface area contributed by atoms with Crippen molar-refractivity contribution in [2.24, 2.45) is 0 Å². The third-order valence-corrected chi connectivity index (χ3v) is 2.89. The largest absolute Gasteiger partial charge is 0.462 e. The van der Waals surface area contributed by atoms with Crippen molar-refractivity contribution in [3.8, 4) is 10.8 Å². The quantitative estimate of drug-likeness (QED) is 0.765. The Labute approximate surface area is 107 Å². The highest BCUT2D eigenvalue weighted by molar-refractivity contribution is 7.09. The third kappa shape index (κ3) is 2.23. The van der Waals surface area contributed by atoms with Crippen molar-refractivity contribution in [3.63, 3.8) is 0 Å². The van der Waals surface area contributed by atoms with E-state index in [1.807, 2.05) is 20.8 Å². The third-order valence-electron chi connectivity index (χ3n) is 2.18. The van der Waals surface area contributed by atoms with Gasteiger partial charge in [-0.2, -0.15) is 0 Å². The fraction of sp³-hybridized carbons (Fsp3) is 0.500. The minimum Gasteiger partial charge on any atom is -0.462 e. The molecule has 8 heteroatoms. The number of nitrogens with zero attached hydrogens (tertiary/aromatic N) is 4. The van der Waals surface area contributed by atoms with Gasteiger partial charge in [0.1, 0.15) is 4.88 Å². The zero-order chi connectivity index (χ0) is 13.3. The van der Waals surface area contributed by atoms with Crippen LogP contribution in [0.25, 0.3) is 10.8 Å². The van der Waals surface area contributed by atoms with Gasteiger partial charge in [0.05, 0.1) is 12.8 Å². The Morgan fingerprint density at radius 1 is 1.28 bits per heavy atom. The topological polar surface area (TPSA) is 91.0 Å². The molecular formula is C10H12N4O3S. The SMILES string of the molecule is COC(=O)c1nnc(-c2snnc2C(C)(C)C)o1. The molecule has 0 spiro atoms. The van der Waals surface area contributed by atoms with Gasteiger partial charge in [-0.05, 0) is 11.5 Å². The van der Waals surface area contributed by atoms with E-state index in [0.717, 1.165) is 17.2 Å². The second kappa shape index (κ2) is 4.45. The minimum atomic E-state index is -0.663. The van der Waals surface area contributed by atoms with Crippen molar-refractivity contribution in [1.82, 2.24) is 19.8 Å². The summed E-state index contributed by atoms with van der Waals surface area (Å²) in [7, 11) is 1.25. The zero-order valence-electron chi connectivity index (χ0n) is 10.4. The summed E-state index contributed by atoms with van der Waals surface area (Å²) in [5.41, 5.74) is 0.565. The molecule has 0 saturated heterocycles. The van der Waals surface area contributed by atoms with Crippen molar-refractivity contribution >= 4 is 17.5 Å². The molecule has 0 fully saturated rings. The highest BCUT2D eigenvalue weighted by atomic mass is 32.1. The number of rotatable bonds is 2. The van der Waals surface area contributed by atoms with Crippen LogP contribution < -0.4 is 0 Å². The lowest BCUT2D eigenvalue weighted by atomic mass is 9.91. The number of ether oxygens (including phenoxy) is 1. The van der Waals surface area contributed by atoms with Crippen molar-refractivity contribution in [2.45, 2.75) is 26.2 Å². The molecule has 2 aromatic rings. The molecule has 0 radical (unpaired) electrons. The molecule has 0 unspecified atom stereocenters. The normalized spacial score (nSPS) is 11.6. The summed E-state index contributed by atoms with van der Waals surface area (Å²) in [6.45, 7) is 6.01. The molecule has 0 bridgehead atoms. The summed E-state index contributed by atoms with van der Waals surface area (Å²) in [5.74, 6) is -0.611. The van der Waals surface area contributed by atoms with Crippen LogP contribution in [0.3, 0.4) is 0 Å². The number of carbonyl (C=O) groups is 1. The standard InChI is InChI=1S/C10H12N4O3S/c1-10(2,3)6-5(18-14-11-6)7-12-13-8(17-7)9(15)16-4/h1-4H3. The van der Waals surface area contributed by atoms with E-state index in [-0.39, 0.29) is 17.2 Å². The molecule has 0 aliphatic rings. The van der Waals surface area contributed by atoms with Crippen molar-refractivity contribution in [1.29, 1.82) is 0 Å². The molecule has 0 saturated carbocycles. The maximum Gasteiger partial charge on any atom is 0.396 e. The molecule has 2 rings (SSSR count). The Morgan fingerprint density at radius 2 is 2.00 bits per heavy atom. The monoisotopic (exact) mass is 268 g/mol. The predicted molar refractivity (Wildman–Crippen MR) is 63.2 cm³/mol. The fourth-order valence-corrected chi connectivity index (χ4v) is 2.10. The smallest absolute Gasteiger partial charge is 0.396 e. The van der Waals surface area contributed by atoms with E-state index in [1.54, 1.807) is 0 Å². The molecule has 96 valence electrons. The molecular weight excluding hydrogens is 256 g/mol. The van der Waals surface area contributed by atoms with Gasteiger partial charge in [0.15, 0.2) is 0 Å². The number of methoxy groups -OCH3 is 1.